The number of carbonyl (C=O) groups excluding carboxylic acids is 1. The standard InChI is InChI=1S/C16H23ClN2O3S2/c17-14-6-8-16(23-14)24(21,22)19-11-9-18(10-12-19)15(20)7-5-13-3-1-2-4-13/h6,8,13H,1-5,7,9-12H2. The molecule has 1 amide bonds. The van der Waals surface area contributed by atoms with E-state index in [0.717, 1.165) is 17.8 Å². The molecule has 0 spiro atoms. The molecule has 2 fully saturated rings. The third-order valence-corrected chi connectivity index (χ3v) is 8.57. The Balaban J connectivity index is 1.50. The van der Waals surface area contributed by atoms with Gasteiger partial charge in [-0.15, -0.1) is 11.3 Å². The second-order valence-corrected chi connectivity index (χ2v) is 10.4. The highest BCUT2D eigenvalue weighted by Crippen LogP contribution is 2.30. The number of sulfonamides is 1. The van der Waals surface area contributed by atoms with Crippen LogP contribution < -0.4 is 0 Å². The maximum Gasteiger partial charge on any atom is 0.252 e. The number of halogens is 1. The number of thiophene rings is 1. The molecule has 0 atom stereocenters. The minimum atomic E-state index is -3.49. The Hall–Kier alpha value is -0.630. The molecule has 3 rings (SSSR count). The summed E-state index contributed by atoms with van der Waals surface area (Å²) in [6.07, 6.45) is 6.67. The predicted molar refractivity (Wildman–Crippen MR) is 95.9 cm³/mol. The molecular formula is C16H23ClN2O3S2. The Morgan fingerprint density at radius 2 is 1.83 bits per heavy atom. The molecule has 1 saturated carbocycles. The molecule has 2 heterocycles. The topological polar surface area (TPSA) is 57.7 Å². The number of rotatable bonds is 5. The van der Waals surface area contributed by atoms with Crippen molar-refractivity contribution in [2.24, 2.45) is 5.92 Å². The molecule has 1 saturated heterocycles. The van der Waals surface area contributed by atoms with Gasteiger partial charge in [0.1, 0.15) is 4.21 Å². The second-order valence-electron chi connectivity index (χ2n) is 6.53. The molecule has 2 aliphatic rings. The van der Waals surface area contributed by atoms with Crippen LogP contribution in [-0.4, -0.2) is 49.7 Å². The highest BCUT2D eigenvalue weighted by Gasteiger charge is 2.31. The van der Waals surface area contributed by atoms with Crippen LogP contribution >= 0.6 is 22.9 Å². The Labute approximate surface area is 152 Å². The van der Waals surface area contributed by atoms with E-state index in [0.29, 0.717) is 42.9 Å². The normalized spacial score (nSPS) is 20.6. The van der Waals surface area contributed by atoms with Crippen LogP contribution in [0.1, 0.15) is 38.5 Å². The van der Waals surface area contributed by atoms with Gasteiger partial charge in [-0.2, -0.15) is 4.31 Å². The van der Waals surface area contributed by atoms with Gasteiger partial charge in [0.15, 0.2) is 0 Å². The monoisotopic (exact) mass is 390 g/mol. The van der Waals surface area contributed by atoms with Crippen LogP contribution in [0.15, 0.2) is 16.3 Å². The van der Waals surface area contributed by atoms with Crippen LogP contribution in [-0.2, 0) is 14.8 Å². The molecule has 8 heteroatoms. The lowest BCUT2D eigenvalue weighted by Crippen LogP contribution is -2.50. The number of carbonyl (C=O) groups is 1. The number of piperazine rings is 1. The third kappa shape index (κ3) is 4.12. The molecule has 1 aliphatic carbocycles. The number of nitrogens with zero attached hydrogens (tertiary/aromatic N) is 2. The van der Waals surface area contributed by atoms with Crippen LogP contribution in [0.2, 0.25) is 4.34 Å². The third-order valence-electron chi connectivity index (χ3n) is 4.98. The number of amides is 1. The van der Waals surface area contributed by atoms with Gasteiger partial charge >= 0.3 is 0 Å². The Morgan fingerprint density at radius 1 is 1.17 bits per heavy atom. The van der Waals surface area contributed by atoms with Crippen LogP contribution in [0.5, 0.6) is 0 Å². The molecule has 0 N–H and O–H groups in total. The van der Waals surface area contributed by atoms with Crippen LogP contribution in [0, 0.1) is 5.92 Å². The Bertz CT molecular complexity index is 675. The van der Waals surface area contributed by atoms with Gasteiger partial charge in [-0.25, -0.2) is 8.42 Å². The zero-order valence-corrected chi connectivity index (χ0v) is 16.0. The molecule has 24 heavy (non-hydrogen) atoms. The fraction of sp³-hybridized carbons (Fsp3) is 0.688. The van der Waals surface area contributed by atoms with Gasteiger partial charge < -0.3 is 4.90 Å². The van der Waals surface area contributed by atoms with Crippen LogP contribution in [0.25, 0.3) is 0 Å². The molecule has 0 bridgehead atoms. The zero-order valence-electron chi connectivity index (χ0n) is 13.6. The van der Waals surface area contributed by atoms with E-state index in [1.54, 1.807) is 12.1 Å². The first-order valence-electron chi connectivity index (χ1n) is 8.50. The highest BCUT2D eigenvalue weighted by molar-refractivity contribution is 7.91. The fourth-order valence-corrected chi connectivity index (χ4v) is 6.59. The van der Waals surface area contributed by atoms with Gasteiger partial charge in [-0.05, 0) is 24.5 Å². The molecule has 1 aliphatic heterocycles. The first-order valence-corrected chi connectivity index (χ1v) is 11.1. The molecule has 0 radical (unpaired) electrons. The summed E-state index contributed by atoms with van der Waals surface area (Å²) in [6.45, 7) is 1.66. The first kappa shape index (κ1) is 18.2. The van der Waals surface area contributed by atoms with E-state index < -0.39 is 10.0 Å². The van der Waals surface area contributed by atoms with Crippen molar-refractivity contribution >= 4 is 38.9 Å². The highest BCUT2D eigenvalue weighted by atomic mass is 35.5. The fourth-order valence-electron chi connectivity index (χ4n) is 3.53. The van der Waals surface area contributed by atoms with Crippen molar-refractivity contribution in [2.75, 3.05) is 26.2 Å². The van der Waals surface area contributed by atoms with Crippen molar-refractivity contribution in [3.63, 3.8) is 0 Å². The summed E-state index contributed by atoms with van der Waals surface area (Å²) in [4.78, 5) is 14.1. The quantitative estimate of drug-likeness (QED) is 0.775. The molecule has 1 aromatic heterocycles. The molecular weight excluding hydrogens is 368 g/mol. The molecule has 0 aromatic carbocycles. The van der Waals surface area contributed by atoms with E-state index in [-0.39, 0.29) is 10.1 Å². The van der Waals surface area contributed by atoms with Gasteiger partial charge in [0.25, 0.3) is 10.0 Å². The summed E-state index contributed by atoms with van der Waals surface area (Å²) < 4.78 is 27.3. The van der Waals surface area contributed by atoms with Gasteiger partial charge in [0, 0.05) is 32.6 Å². The largest absolute Gasteiger partial charge is 0.340 e. The van der Waals surface area contributed by atoms with Crippen molar-refractivity contribution in [1.82, 2.24) is 9.21 Å². The molecule has 5 nitrogen and oxygen atoms in total. The summed E-state index contributed by atoms with van der Waals surface area (Å²) in [5.74, 6) is 0.873. The molecule has 1 aromatic rings. The lowest BCUT2D eigenvalue weighted by atomic mass is 10.0. The van der Waals surface area contributed by atoms with Crippen molar-refractivity contribution in [3.05, 3.63) is 16.5 Å². The molecule has 0 unspecified atom stereocenters. The Kier molecular flexibility index (Phi) is 5.85. The van der Waals surface area contributed by atoms with E-state index >= 15 is 0 Å². The second kappa shape index (κ2) is 7.72. The lowest BCUT2D eigenvalue weighted by molar-refractivity contribution is -0.132. The summed E-state index contributed by atoms with van der Waals surface area (Å²) in [7, 11) is -3.49. The average molecular weight is 391 g/mol. The lowest BCUT2D eigenvalue weighted by Gasteiger charge is -2.34. The number of hydrogen-bond donors (Lipinski definition) is 0. The summed E-state index contributed by atoms with van der Waals surface area (Å²) >= 11 is 6.91. The van der Waals surface area contributed by atoms with Crippen LogP contribution in [0.4, 0.5) is 0 Å². The van der Waals surface area contributed by atoms with Crippen molar-refractivity contribution < 1.29 is 13.2 Å². The SMILES string of the molecule is O=C(CCC1CCCC1)N1CCN(S(=O)(=O)c2ccc(Cl)s2)CC1. The van der Waals surface area contributed by atoms with Gasteiger partial charge in [0.2, 0.25) is 5.91 Å². The smallest absolute Gasteiger partial charge is 0.252 e. The minimum Gasteiger partial charge on any atom is -0.340 e. The van der Waals surface area contributed by atoms with Gasteiger partial charge in [-0.1, -0.05) is 37.3 Å². The molecule has 134 valence electrons. The summed E-state index contributed by atoms with van der Waals surface area (Å²) in [5.41, 5.74) is 0. The maximum absolute atomic E-state index is 12.6. The zero-order chi connectivity index (χ0) is 17.2. The predicted octanol–water partition coefficient (Wildman–Crippen LogP) is 3.20. The van der Waals surface area contributed by atoms with Gasteiger partial charge in [0.05, 0.1) is 4.34 Å². The maximum atomic E-state index is 12.6. The van der Waals surface area contributed by atoms with Crippen molar-refractivity contribution in [1.29, 1.82) is 0 Å². The number of hydrogen-bond acceptors (Lipinski definition) is 4. The van der Waals surface area contributed by atoms with Crippen molar-refractivity contribution in [3.8, 4) is 0 Å². The van der Waals surface area contributed by atoms with E-state index in [1.165, 1.54) is 30.0 Å². The van der Waals surface area contributed by atoms with E-state index in [2.05, 4.69) is 0 Å². The van der Waals surface area contributed by atoms with E-state index in [1.807, 2.05) is 4.90 Å². The van der Waals surface area contributed by atoms with Crippen molar-refractivity contribution in [2.45, 2.75) is 42.7 Å². The minimum absolute atomic E-state index is 0.165. The van der Waals surface area contributed by atoms with E-state index in [9.17, 15) is 13.2 Å². The van der Waals surface area contributed by atoms with Gasteiger partial charge in [-0.3, -0.25) is 4.79 Å². The average Bonchev–Trinajstić information content (AvgIpc) is 3.24. The summed E-state index contributed by atoms with van der Waals surface area (Å²) in [6, 6.07) is 3.14. The van der Waals surface area contributed by atoms with Crippen LogP contribution in [0.3, 0.4) is 0 Å². The first-order chi connectivity index (χ1) is 11.5. The Morgan fingerprint density at radius 3 is 2.42 bits per heavy atom. The summed E-state index contributed by atoms with van der Waals surface area (Å²) in [5, 5.41) is 0. The van der Waals surface area contributed by atoms with E-state index in [4.69, 9.17) is 11.6 Å².